The third-order valence-corrected chi connectivity index (χ3v) is 2.71. The molecule has 0 saturated heterocycles. The Morgan fingerprint density at radius 1 is 1.24 bits per heavy atom. The molecule has 0 fully saturated rings. The van der Waals surface area contributed by atoms with Gasteiger partial charge in [0.15, 0.2) is 11.2 Å². The minimum absolute atomic E-state index is 0.200. The number of imidazole rings is 1. The summed E-state index contributed by atoms with van der Waals surface area (Å²) < 4.78 is 1.89. The number of hydrogen-bond donors (Lipinski definition) is 2. The molecule has 92 valence electrons. The Balaban J connectivity index is 2.00. The number of hydrogen-bond acceptors (Lipinski definition) is 4. The van der Waals surface area contributed by atoms with Gasteiger partial charge < -0.3 is 14.7 Å². The fourth-order valence-corrected chi connectivity index (χ4v) is 1.80. The molecule has 6 heteroatoms. The van der Waals surface area contributed by atoms with E-state index in [9.17, 15) is 4.79 Å². The van der Waals surface area contributed by atoms with Crippen LogP contribution in [0.2, 0.25) is 0 Å². The number of fused-ring (bicyclic) bond motifs is 1. The molecule has 0 aliphatic heterocycles. The molecular weight excluding hydrogens is 220 g/mol. The lowest BCUT2D eigenvalue weighted by Crippen LogP contribution is -2.07. The molecule has 0 aliphatic rings. The zero-order chi connectivity index (χ0) is 12.1. The first-order valence-electron chi connectivity index (χ1n) is 5.82. The molecule has 2 N–H and O–H groups in total. The van der Waals surface area contributed by atoms with Crippen molar-refractivity contribution in [1.82, 2.24) is 19.5 Å². The molecule has 6 nitrogen and oxygen atoms in total. The molecule has 0 bridgehead atoms. The topological polar surface area (TPSA) is 83.8 Å². The smallest absolute Gasteiger partial charge is 0.278 e. The Labute approximate surface area is 98.3 Å². The largest absolute Gasteiger partial charge is 0.396 e. The summed E-state index contributed by atoms with van der Waals surface area (Å²) in [5.41, 5.74) is 0.827. The summed E-state index contributed by atoms with van der Waals surface area (Å²) in [6.45, 7) is 1.06. The van der Waals surface area contributed by atoms with Gasteiger partial charge in [-0.15, -0.1) is 0 Å². The van der Waals surface area contributed by atoms with Crippen molar-refractivity contribution in [2.24, 2.45) is 0 Å². The van der Waals surface area contributed by atoms with E-state index in [1.807, 2.05) is 4.57 Å². The highest BCUT2D eigenvalue weighted by Crippen LogP contribution is 2.07. The zero-order valence-corrected chi connectivity index (χ0v) is 9.59. The molecular formula is C11H16N4O2. The van der Waals surface area contributed by atoms with Crippen LogP contribution < -0.4 is 5.56 Å². The molecule has 2 heterocycles. The van der Waals surface area contributed by atoms with Crippen molar-refractivity contribution in [2.75, 3.05) is 6.61 Å². The van der Waals surface area contributed by atoms with Gasteiger partial charge in [-0.25, -0.2) is 9.97 Å². The van der Waals surface area contributed by atoms with Crippen LogP contribution in [-0.2, 0) is 6.54 Å². The minimum atomic E-state index is -0.200. The van der Waals surface area contributed by atoms with E-state index in [0.717, 1.165) is 32.2 Å². The van der Waals surface area contributed by atoms with Crippen LogP contribution in [0.3, 0.4) is 0 Å². The van der Waals surface area contributed by atoms with E-state index in [2.05, 4.69) is 15.0 Å². The lowest BCUT2D eigenvalue weighted by atomic mass is 10.2. The van der Waals surface area contributed by atoms with Crippen molar-refractivity contribution in [3.63, 3.8) is 0 Å². The number of rotatable bonds is 6. The van der Waals surface area contributed by atoms with Crippen molar-refractivity contribution in [2.45, 2.75) is 32.2 Å². The van der Waals surface area contributed by atoms with Gasteiger partial charge in [0, 0.05) is 13.2 Å². The maximum Gasteiger partial charge on any atom is 0.278 e. The van der Waals surface area contributed by atoms with Crippen molar-refractivity contribution in [3.05, 3.63) is 23.0 Å². The zero-order valence-electron chi connectivity index (χ0n) is 9.59. The first-order valence-corrected chi connectivity index (χ1v) is 5.82. The Morgan fingerprint density at radius 3 is 2.88 bits per heavy atom. The molecule has 2 aromatic rings. The number of unbranched alkanes of at least 4 members (excludes halogenated alkanes) is 3. The van der Waals surface area contributed by atoms with E-state index in [4.69, 9.17) is 5.11 Å². The number of aliphatic hydroxyl groups is 1. The Morgan fingerprint density at radius 2 is 2.06 bits per heavy atom. The summed E-state index contributed by atoms with van der Waals surface area (Å²) >= 11 is 0. The normalized spacial score (nSPS) is 11.1. The highest BCUT2D eigenvalue weighted by atomic mass is 16.2. The summed E-state index contributed by atoms with van der Waals surface area (Å²) in [5, 5.41) is 8.66. The van der Waals surface area contributed by atoms with Gasteiger partial charge in [0.05, 0.1) is 12.7 Å². The maximum atomic E-state index is 11.4. The van der Waals surface area contributed by atoms with Gasteiger partial charge in [0.2, 0.25) is 0 Å². The van der Waals surface area contributed by atoms with Crippen LogP contribution in [0.1, 0.15) is 25.7 Å². The number of nitrogens with zero attached hydrogens (tertiary/aromatic N) is 3. The number of nitrogens with one attached hydrogen (secondary N) is 1. The summed E-state index contributed by atoms with van der Waals surface area (Å²) in [5.74, 6) is 0. The van der Waals surface area contributed by atoms with E-state index in [1.54, 1.807) is 6.33 Å². The van der Waals surface area contributed by atoms with Gasteiger partial charge in [0.1, 0.15) is 0 Å². The van der Waals surface area contributed by atoms with Gasteiger partial charge >= 0.3 is 0 Å². The molecule has 0 spiro atoms. The Bertz CT molecular complexity index is 531. The van der Waals surface area contributed by atoms with E-state index in [0.29, 0.717) is 11.2 Å². The summed E-state index contributed by atoms with van der Waals surface area (Å²) in [7, 11) is 0. The summed E-state index contributed by atoms with van der Waals surface area (Å²) in [6.07, 6.45) is 6.98. The standard InChI is InChI=1S/C11H16N4O2/c16-6-4-2-1-3-5-15-8-14-9-10(15)12-7-13-11(9)17/h7-8,16H,1-6H2,(H,12,13,17). The molecule has 0 amide bonds. The SMILES string of the molecule is O=c1[nH]cnc2c1ncn2CCCCCCO. The van der Waals surface area contributed by atoms with Crippen LogP contribution in [-0.4, -0.2) is 31.2 Å². The minimum Gasteiger partial charge on any atom is -0.396 e. The molecule has 0 saturated carbocycles. The Hall–Kier alpha value is -1.69. The van der Waals surface area contributed by atoms with Crippen molar-refractivity contribution < 1.29 is 5.11 Å². The quantitative estimate of drug-likeness (QED) is 0.722. The number of aromatic nitrogens is 4. The number of H-pyrrole nitrogens is 1. The molecule has 2 rings (SSSR count). The van der Waals surface area contributed by atoms with Crippen LogP contribution in [0.4, 0.5) is 0 Å². The highest BCUT2D eigenvalue weighted by molar-refractivity contribution is 5.68. The van der Waals surface area contributed by atoms with Gasteiger partial charge in [-0.3, -0.25) is 4.79 Å². The lowest BCUT2D eigenvalue weighted by molar-refractivity contribution is 0.282. The summed E-state index contributed by atoms with van der Waals surface area (Å²) in [6, 6.07) is 0. The van der Waals surface area contributed by atoms with Crippen LogP contribution in [0.25, 0.3) is 11.2 Å². The second-order valence-electron chi connectivity index (χ2n) is 3.98. The number of aliphatic hydroxyl groups excluding tert-OH is 1. The summed E-state index contributed by atoms with van der Waals surface area (Å²) in [4.78, 5) is 22.1. The van der Waals surface area contributed by atoms with Gasteiger partial charge in [0.25, 0.3) is 5.56 Å². The molecule has 17 heavy (non-hydrogen) atoms. The molecule has 0 radical (unpaired) electrons. The van der Waals surface area contributed by atoms with Crippen LogP contribution in [0.15, 0.2) is 17.4 Å². The third kappa shape index (κ3) is 2.71. The van der Waals surface area contributed by atoms with Crippen molar-refractivity contribution in [3.8, 4) is 0 Å². The highest BCUT2D eigenvalue weighted by Gasteiger charge is 2.06. The second kappa shape index (κ2) is 5.58. The molecule has 0 atom stereocenters. The van der Waals surface area contributed by atoms with E-state index < -0.39 is 0 Å². The van der Waals surface area contributed by atoms with Crippen LogP contribution in [0.5, 0.6) is 0 Å². The maximum absolute atomic E-state index is 11.4. The predicted molar refractivity (Wildman–Crippen MR) is 63.7 cm³/mol. The first-order chi connectivity index (χ1) is 8.33. The van der Waals surface area contributed by atoms with Crippen molar-refractivity contribution in [1.29, 1.82) is 0 Å². The number of aromatic amines is 1. The molecule has 0 aliphatic carbocycles. The first kappa shape index (κ1) is 11.8. The average Bonchev–Trinajstić information content (AvgIpc) is 2.74. The lowest BCUT2D eigenvalue weighted by Gasteiger charge is -2.02. The van der Waals surface area contributed by atoms with E-state index in [1.165, 1.54) is 6.33 Å². The molecule has 0 unspecified atom stereocenters. The fourth-order valence-electron chi connectivity index (χ4n) is 1.80. The van der Waals surface area contributed by atoms with E-state index in [-0.39, 0.29) is 12.2 Å². The fraction of sp³-hybridized carbons (Fsp3) is 0.545. The van der Waals surface area contributed by atoms with Gasteiger partial charge in [-0.1, -0.05) is 12.8 Å². The van der Waals surface area contributed by atoms with E-state index >= 15 is 0 Å². The van der Waals surface area contributed by atoms with Gasteiger partial charge in [-0.2, -0.15) is 0 Å². The molecule has 0 aromatic carbocycles. The second-order valence-corrected chi connectivity index (χ2v) is 3.98. The van der Waals surface area contributed by atoms with Crippen LogP contribution in [0, 0.1) is 0 Å². The number of aryl methyl sites for hydroxylation is 1. The monoisotopic (exact) mass is 236 g/mol. The van der Waals surface area contributed by atoms with Crippen LogP contribution >= 0.6 is 0 Å². The predicted octanol–water partition coefficient (Wildman–Crippen LogP) is 0.672. The Kier molecular flexibility index (Phi) is 3.87. The van der Waals surface area contributed by atoms with Crippen molar-refractivity contribution >= 4 is 11.2 Å². The molecule has 2 aromatic heterocycles. The van der Waals surface area contributed by atoms with Gasteiger partial charge in [-0.05, 0) is 12.8 Å². The average molecular weight is 236 g/mol. The third-order valence-electron chi connectivity index (χ3n) is 2.71.